The number of fused-ring (bicyclic) bond motifs is 1. The molecule has 114 valence electrons. The van der Waals surface area contributed by atoms with Gasteiger partial charge >= 0.3 is 5.69 Å². The molecule has 0 radical (unpaired) electrons. The smallest absolute Gasteiger partial charge is 0.330 e. The van der Waals surface area contributed by atoms with Gasteiger partial charge in [0.25, 0.3) is 5.56 Å². The molecule has 2 rings (SSSR count). The van der Waals surface area contributed by atoms with Crippen LogP contribution >= 0.6 is 0 Å². The summed E-state index contributed by atoms with van der Waals surface area (Å²) < 4.78 is 1.46. The van der Waals surface area contributed by atoms with Crippen molar-refractivity contribution in [2.75, 3.05) is 25.0 Å². The van der Waals surface area contributed by atoms with Crippen molar-refractivity contribution in [3.05, 3.63) is 27.0 Å². The molecule has 0 unspecified atom stereocenters. The van der Waals surface area contributed by atoms with Crippen LogP contribution in [0.3, 0.4) is 0 Å². The second kappa shape index (κ2) is 6.04. The molecular formula is C13H20N6O2. The van der Waals surface area contributed by atoms with Crippen LogP contribution in [0.2, 0.25) is 0 Å². The van der Waals surface area contributed by atoms with E-state index in [1.165, 1.54) is 10.8 Å². The first-order valence-electron chi connectivity index (χ1n) is 6.88. The normalized spacial score (nSPS) is 11.3. The predicted octanol–water partition coefficient (Wildman–Crippen LogP) is -0.154. The highest BCUT2D eigenvalue weighted by Crippen LogP contribution is 2.13. The Morgan fingerprint density at radius 2 is 2.14 bits per heavy atom. The van der Waals surface area contributed by atoms with Gasteiger partial charge in [0.15, 0.2) is 5.65 Å². The van der Waals surface area contributed by atoms with Gasteiger partial charge in [-0.1, -0.05) is 0 Å². The van der Waals surface area contributed by atoms with Crippen molar-refractivity contribution in [3.8, 4) is 0 Å². The summed E-state index contributed by atoms with van der Waals surface area (Å²) in [4.78, 5) is 36.5. The van der Waals surface area contributed by atoms with Crippen LogP contribution in [0.15, 0.2) is 15.8 Å². The van der Waals surface area contributed by atoms with Crippen LogP contribution in [0.25, 0.3) is 11.0 Å². The third-order valence-electron chi connectivity index (χ3n) is 3.22. The van der Waals surface area contributed by atoms with Crippen molar-refractivity contribution in [2.45, 2.75) is 26.3 Å². The van der Waals surface area contributed by atoms with E-state index in [4.69, 9.17) is 5.73 Å². The Morgan fingerprint density at radius 1 is 1.43 bits per heavy atom. The van der Waals surface area contributed by atoms with Crippen LogP contribution < -0.4 is 21.9 Å². The molecular weight excluding hydrogens is 272 g/mol. The maximum atomic E-state index is 12.0. The summed E-state index contributed by atoms with van der Waals surface area (Å²) in [5.41, 5.74) is 4.91. The SMILES string of the molecule is CC(C)n1c(=O)[nH]c(=O)c2cnc(N(C)CCCN)nc21. The standard InChI is InChI=1S/C13H20N6O2/c1-8(2)19-10-9(11(20)17-13(19)21)7-15-12(16-10)18(3)6-4-5-14/h7-8H,4-6,14H2,1-3H3,(H,17,20,21). The molecule has 2 aromatic rings. The van der Waals surface area contributed by atoms with Gasteiger partial charge in [0, 0.05) is 25.8 Å². The van der Waals surface area contributed by atoms with Crippen LogP contribution in [0, 0.1) is 0 Å². The molecule has 8 heteroatoms. The number of H-pyrrole nitrogens is 1. The Labute approximate surface area is 121 Å². The first kappa shape index (κ1) is 15.2. The molecule has 0 fully saturated rings. The summed E-state index contributed by atoms with van der Waals surface area (Å²) in [6.07, 6.45) is 2.26. The summed E-state index contributed by atoms with van der Waals surface area (Å²) in [7, 11) is 1.85. The Bertz CT molecular complexity index is 748. The lowest BCUT2D eigenvalue weighted by atomic mass is 10.3. The van der Waals surface area contributed by atoms with E-state index in [9.17, 15) is 9.59 Å². The molecule has 0 aliphatic rings. The van der Waals surface area contributed by atoms with Gasteiger partial charge in [0.05, 0.1) is 0 Å². The fourth-order valence-corrected chi connectivity index (χ4v) is 2.12. The molecule has 0 saturated carbocycles. The van der Waals surface area contributed by atoms with E-state index in [0.717, 1.165) is 6.42 Å². The minimum Gasteiger partial charge on any atom is -0.344 e. The van der Waals surface area contributed by atoms with Crippen LogP contribution in [0.4, 0.5) is 5.95 Å². The van der Waals surface area contributed by atoms with Gasteiger partial charge in [-0.2, -0.15) is 4.98 Å². The lowest BCUT2D eigenvalue weighted by Gasteiger charge is -2.18. The van der Waals surface area contributed by atoms with Crippen LogP contribution in [-0.4, -0.2) is 39.7 Å². The van der Waals surface area contributed by atoms with Crippen LogP contribution in [-0.2, 0) is 0 Å². The van der Waals surface area contributed by atoms with Gasteiger partial charge < -0.3 is 10.6 Å². The van der Waals surface area contributed by atoms with E-state index in [2.05, 4.69) is 15.0 Å². The predicted molar refractivity (Wildman–Crippen MR) is 81.7 cm³/mol. The molecule has 21 heavy (non-hydrogen) atoms. The van der Waals surface area contributed by atoms with Crippen molar-refractivity contribution in [1.82, 2.24) is 19.5 Å². The van der Waals surface area contributed by atoms with Crippen LogP contribution in [0.5, 0.6) is 0 Å². The third kappa shape index (κ3) is 2.94. The fourth-order valence-electron chi connectivity index (χ4n) is 2.12. The van der Waals surface area contributed by atoms with E-state index in [1.54, 1.807) is 0 Å². The zero-order valence-electron chi connectivity index (χ0n) is 12.5. The maximum Gasteiger partial charge on any atom is 0.330 e. The molecule has 0 aliphatic heterocycles. The number of aromatic nitrogens is 4. The Balaban J connectivity index is 2.63. The summed E-state index contributed by atoms with van der Waals surface area (Å²) >= 11 is 0. The first-order chi connectivity index (χ1) is 9.95. The number of nitrogens with zero attached hydrogens (tertiary/aromatic N) is 4. The summed E-state index contributed by atoms with van der Waals surface area (Å²) in [6.45, 7) is 5.00. The Kier molecular flexibility index (Phi) is 4.37. The van der Waals surface area contributed by atoms with Gasteiger partial charge in [0.1, 0.15) is 5.39 Å². The average molecular weight is 292 g/mol. The van der Waals surface area contributed by atoms with E-state index in [-0.39, 0.29) is 6.04 Å². The third-order valence-corrected chi connectivity index (χ3v) is 3.22. The van der Waals surface area contributed by atoms with E-state index < -0.39 is 11.2 Å². The number of hydrogen-bond acceptors (Lipinski definition) is 6. The average Bonchev–Trinajstić information content (AvgIpc) is 2.43. The number of nitrogens with one attached hydrogen (secondary N) is 1. The van der Waals surface area contributed by atoms with Gasteiger partial charge in [-0.05, 0) is 26.8 Å². The van der Waals surface area contributed by atoms with Gasteiger partial charge in [-0.25, -0.2) is 9.78 Å². The first-order valence-corrected chi connectivity index (χ1v) is 6.88. The molecule has 0 aromatic carbocycles. The van der Waals surface area contributed by atoms with E-state index in [1.807, 2.05) is 25.8 Å². The summed E-state index contributed by atoms with van der Waals surface area (Å²) in [6, 6.07) is -0.117. The number of anilines is 1. The van der Waals surface area contributed by atoms with Crippen molar-refractivity contribution in [1.29, 1.82) is 0 Å². The zero-order chi connectivity index (χ0) is 15.6. The van der Waals surface area contributed by atoms with E-state index in [0.29, 0.717) is 30.1 Å². The Hall–Kier alpha value is -2.22. The molecule has 2 heterocycles. The number of hydrogen-bond donors (Lipinski definition) is 2. The van der Waals surface area contributed by atoms with Crippen molar-refractivity contribution in [3.63, 3.8) is 0 Å². The molecule has 8 nitrogen and oxygen atoms in total. The summed E-state index contributed by atoms with van der Waals surface area (Å²) in [5.74, 6) is 0.468. The van der Waals surface area contributed by atoms with Gasteiger partial charge in [-0.15, -0.1) is 0 Å². The molecule has 0 saturated heterocycles. The molecule has 3 N–H and O–H groups in total. The van der Waals surface area contributed by atoms with Crippen LogP contribution in [0.1, 0.15) is 26.3 Å². The monoisotopic (exact) mass is 292 g/mol. The maximum absolute atomic E-state index is 12.0. The highest BCUT2D eigenvalue weighted by molar-refractivity contribution is 5.74. The van der Waals surface area contributed by atoms with Crippen molar-refractivity contribution in [2.24, 2.45) is 5.73 Å². The highest BCUT2D eigenvalue weighted by Gasteiger charge is 2.14. The second-order valence-corrected chi connectivity index (χ2v) is 5.19. The van der Waals surface area contributed by atoms with Crippen molar-refractivity contribution < 1.29 is 0 Å². The largest absolute Gasteiger partial charge is 0.344 e. The molecule has 0 bridgehead atoms. The number of nitrogens with two attached hydrogens (primary N) is 1. The minimum atomic E-state index is -0.469. The van der Waals surface area contributed by atoms with E-state index >= 15 is 0 Å². The molecule has 0 atom stereocenters. The molecule has 0 spiro atoms. The minimum absolute atomic E-state index is 0.117. The van der Waals surface area contributed by atoms with Crippen molar-refractivity contribution >= 4 is 17.0 Å². The quantitative estimate of drug-likeness (QED) is 0.792. The topological polar surface area (TPSA) is 110 Å². The second-order valence-electron chi connectivity index (χ2n) is 5.19. The highest BCUT2D eigenvalue weighted by atomic mass is 16.2. The molecule has 0 amide bonds. The molecule has 2 aromatic heterocycles. The van der Waals surface area contributed by atoms with Gasteiger partial charge in [-0.3, -0.25) is 14.3 Å². The summed E-state index contributed by atoms with van der Waals surface area (Å²) in [5, 5.41) is 0.305. The zero-order valence-corrected chi connectivity index (χ0v) is 12.5. The molecule has 0 aliphatic carbocycles. The number of aromatic amines is 1. The lowest BCUT2D eigenvalue weighted by Crippen LogP contribution is -2.32. The Morgan fingerprint density at radius 3 is 2.76 bits per heavy atom. The lowest BCUT2D eigenvalue weighted by molar-refractivity contribution is 0.578. The van der Waals surface area contributed by atoms with Gasteiger partial charge in [0.2, 0.25) is 5.95 Å². The number of rotatable bonds is 5. The fraction of sp³-hybridized carbons (Fsp3) is 0.538.